The second-order valence-corrected chi connectivity index (χ2v) is 6.97. The number of alkyl halides is 1. The first kappa shape index (κ1) is 13.0. The van der Waals surface area contributed by atoms with Gasteiger partial charge in [-0.3, -0.25) is 9.69 Å². The highest BCUT2D eigenvalue weighted by Crippen LogP contribution is 2.33. The van der Waals surface area contributed by atoms with Crippen LogP contribution in [0.4, 0.5) is 5.13 Å². The lowest BCUT2D eigenvalue weighted by Gasteiger charge is -2.13. The molecular weight excluding hydrogens is 302 g/mol. The lowest BCUT2D eigenvalue weighted by atomic mass is 9.98. The van der Waals surface area contributed by atoms with Crippen LogP contribution in [0.5, 0.6) is 0 Å². The molecule has 1 aromatic heterocycles. The summed E-state index contributed by atoms with van der Waals surface area (Å²) in [5, 5.41) is 10.9. The van der Waals surface area contributed by atoms with Crippen LogP contribution in [0, 0.1) is 5.92 Å². The minimum atomic E-state index is -0.00644. The fourth-order valence-electron chi connectivity index (χ4n) is 1.70. The van der Waals surface area contributed by atoms with E-state index in [1.807, 2.05) is 0 Å². The largest absolute Gasteiger partial charge is 0.286 e. The Kier molecular flexibility index (Phi) is 3.54. The van der Waals surface area contributed by atoms with E-state index < -0.39 is 0 Å². The molecule has 4 nitrogen and oxygen atoms in total. The number of carbonyl (C=O) groups excluding carboxylic acids is 1. The summed E-state index contributed by atoms with van der Waals surface area (Å²) in [6.07, 6.45) is 0.607. The number of anilines is 1. The molecule has 0 spiro atoms. The van der Waals surface area contributed by atoms with Crippen molar-refractivity contribution in [2.45, 2.75) is 32.6 Å². The summed E-state index contributed by atoms with van der Waals surface area (Å²) in [4.78, 5) is 13.6. The Morgan fingerprint density at radius 2 is 2.18 bits per heavy atom. The highest BCUT2D eigenvalue weighted by molar-refractivity contribution is 9.09. The number of rotatable bonds is 2. The second kappa shape index (κ2) is 4.65. The van der Waals surface area contributed by atoms with E-state index in [-0.39, 0.29) is 11.3 Å². The third-order valence-corrected chi connectivity index (χ3v) is 5.00. The molecule has 0 saturated carbocycles. The topological polar surface area (TPSA) is 46.1 Å². The van der Waals surface area contributed by atoms with E-state index in [1.165, 1.54) is 11.3 Å². The molecule has 17 heavy (non-hydrogen) atoms. The molecule has 1 saturated heterocycles. The first-order chi connectivity index (χ1) is 7.91. The van der Waals surface area contributed by atoms with Gasteiger partial charge in [0, 0.05) is 23.7 Å². The molecule has 1 aliphatic rings. The van der Waals surface area contributed by atoms with Crippen LogP contribution < -0.4 is 4.90 Å². The highest BCUT2D eigenvalue weighted by atomic mass is 79.9. The number of halogens is 1. The number of amides is 1. The molecule has 0 aromatic carbocycles. The van der Waals surface area contributed by atoms with Gasteiger partial charge in [-0.2, -0.15) is 0 Å². The van der Waals surface area contributed by atoms with Gasteiger partial charge in [-0.25, -0.2) is 0 Å². The van der Waals surface area contributed by atoms with Gasteiger partial charge in [0.25, 0.3) is 0 Å². The number of aromatic nitrogens is 2. The summed E-state index contributed by atoms with van der Waals surface area (Å²) < 4.78 is 0. The Bertz CT molecular complexity index is 427. The normalized spacial score (nSPS) is 21.3. The smallest absolute Gasteiger partial charge is 0.229 e. The second-order valence-electron chi connectivity index (χ2n) is 5.37. The van der Waals surface area contributed by atoms with Crippen molar-refractivity contribution in [3.05, 3.63) is 5.01 Å². The monoisotopic (exact) mass is 317 g/mol. The van der Waals surface area contributed by atoms with Gasteiger partial charge in [-0.1, -0.05) is 48.0 Å². The Morgan fingerprint density at radius 3 is 2.65 bits per heavy atom. The summed E-state index contributed by atoms with van der Waals surface area (Å²) in [5.74, 6) is 0.551. The molecular formula is C11H16BrN3OS. The van der Waals surface area contributed by atoms with Crippen LogP contribution in [-0.2, 0) is 10.2 Å². The standard InChI is InChI=1S/C11H16BrN3OS/c1-11(2,3)9-13-14-10(17-9)15-6-7(5-12)4-8(15)16/h7H,4-6H2,1-3H3. The van der Waals surface area contributed by atoms with E-state index in [2.05, 4.69) is 46.9 Å². The Hall–Kier alpha value is -0.490. The molecule has 1 aliphatic heterocycles. The fourth-order valence-corrected chi connectivity index (χ4v) is 3.06. The van der Waals surface area contributed by atoms with E-state index >= 15 is 0 Å². The lowest BCUT2D eigenvalue weighted by molar-refractivity contribution is -0.117. The van der Waals surface area contributed by atoms with E-state index in [4.69, 9.17) is 0 Å². The molecule has 1 amide bonds. The first-order valence-corrected chi connectivity index (χ1v) is 7.56. The first-order valence-electron chi connectivity index (χ1n) is 5.62. The van der Waals surface area contributed by atoms with Gasteiger partial charge in [0.1, 0.15) is 5.01 Å². The summed E-state index contributed by atoms with van der Waals surface area (Å²) in [5.41, 5.74) is -0.00644. The van der Waals surface area contributed by atoms with E-state index in [9.17, 15) is 4.79 Å². The van der Waals surface area contributed by atoms with Crippen molar-refractivity contribution in [1.29, 1.82) is 0 Å². The van der Waals surface area contributed by atoms with Crippen LogP contribution >= 0.6 is 27.3 Å². The fraction of sp³-hybridized carbons (Fsp3) is 0.727. The Balaban J connectivity index is 2.19. The van der Waals surface area contributed by atoms with Crippen LogP contribution in [-0.4, -0.2) is 28.0 Å². The SMILES string of the molecule is CC(C)(C)c1nnc(N2CC(CBr)CC2=O)s1. The summed E-state index contributed by atoms with van der Waals surface area (Å²) in [6, 6.07) is 0. The zero-order chi connectivity index (χ0) is 12.6. The number of carbonyl (C=O) groups is 1. The molecule has 94 valence electrons. The van der Waals surface area contributed by atoms with Gasteiger partial charge in [0.2, 0.25) is 11.0 Å². The summed E-state index contributed by atoms with van der Waals surface area (Å²) >= 11 is 4.95. The molecule has 1 fully saturated rings. The quantitative estimate of drug-likeness (QED) is 0.788. The van der Waals surface area contributed by atoms with Gasteiger partial charge >= 0.3 is 0 Å². The maximum Gasteiger partial charge on any atom is 0.229 e. The van der Waals surface area contributed by atoms with Crippen LogP contribution in [0.2, 0.25) is 0 Å². The maximum absolute atomic E-state index is 11.8. The third kappa shape index (κ3) is 2.68. The minimum Gasteiger partial charge on any atom is -0.286 e. The van der Waals surface area contributed by atoms with Gasteiger partial charge in [0.05, 0.1) is 0 Å². The molecule has 0 N–H and O–H groups in total. The van der Waals surface area contributed by atoms with Gasteiger partial charge in [-0.15, -0.1) is 10.2 Å². The molecule has 1 aromatic rings. The van der Waals surface area contributed by atoms with Crippen LogP contribution in [0.3, 0.4) is 0 Å². The molecule has 0 aliphatic carbocycles. The van der Waals surface area contributed by atoms with Crippen molar-refractivity contribution in [3.8, 4) is 0 Å². The van der Waals surface area contributed by atoms with Crippen LogP contribution in [0.15, 0.2) is 0 Å². The molecule has 2 heterocycles. The molecule has 1 unspecified atom stereocenters. The van der Waals surface area contributed by atoms with Crippen molar-refractivity contribution in [2.75, 3.05) is 16.8 Å². The number of hydrogen-bond acceptors (Lipinski definition) is 4. The average Bonchev–Trinajstić information content (AvgIpc) is 2.82. The summed E-state index contributed by atoms with van der Waals surface area (Å²) in [6.45, 7) is 7.06. The lowest BCUT2D eigenvalue weighted by Crippen LogP contribution is -2.24. The van der Waals surface area contributed by atoms with Crippen molar-refractivity contribution in [2.24, 2.45) is 5.92 Å². The predicted molar refractivity (Wildman–Crippen MR) is 72.9 cm³/mol. The van der Waals surface area contributed by atoms with Crippen molar-refractivity contribution in [1.82, 2.24) is 10.2 Å². The third-order valence-electron chi connectivity index (χ3n) is 2.71. The molecule has 0 bridgehead atoms. The van der Waals surface area contributed by atoms with Gasteiger partial charge < -0.3 is 0 Å². The zero-order valence-electron chi connectivity index (χ0n) is 10.2. The van der Waals surface area contributed by atoms with Crippen molar-refractivity contribution in [3.63, 3.8) is 0 Å². The van der Waals surface area contributed by atoms with E-state index in [0.29, 0.717) is 12.3 Å². The minimum absolute atomic E-state index is 0.00644. The van der Waals surface area contributed by atoms with Crippen LogP contribution in [0.1, 0.15) is 32.2 Å². The molecule has 1 atom stereocenters. The maximum atomic E-state index is 11.8. The van der Waals surface area contributed by atoms with Crippen molar-refractivity contribution >= 4 is 38.3 Å². The predicted octanol–water partition coefficient (Wildman–Crippen LogP) is 2.58. The zero-order valence-corrected chi connectivity index (χ0v) is 12.6. The van der Waals surface area contributed by atoms with Crippen LogP contribution in [0.25, 0.3) is 0 Å². The van der Waals surface area contributed by atoms with Gasteiger partial charge in [0.15, 0.2) is 0 Å². The van der Waals surface area contributed by atoms with Crippen molar-refractivity contribution < 1.29 is 4.79 Å². The number of hydrogen-bond donors (Lipinski definition) is 0. The summed E-state index contributed by atoms with van der Waals surface area (Å²) in [7, 11) is 0. The molecule has 6 heteroatoms. The van der Waals surface area contributed by atoms with Gasteiger partial charge in [-0.05, 0) is 5.92 Å². The van der Waals surface area contributed by atoms with E-state index in [0.717, 1.165) is 22.0 Å². The Morgan fingerprint density at radius 1 is 1.47 bits per heavy atom. The van der Waals surface area contributed by atoms with E-state index in [1.54, 1.807) is 4.90 Å². The Labute approximate surface area is 114 Å². The highest BCUT2D eigenvalue weighted by Gasteiger charge is 2.32. The average molecular weight is 318 g/mol. The number of nitrogens with zero attached hydrogens (tertiary/aromatic N) is 3. The molecule has 2 rings (SSSR count). The molecule has 0 radical (unpaired) electrons.